The van der Waals surface area contributed by atoms with Gasteiger partial charge in [-0.15, -0.1) is 0 Å². The molecule has 21 heavy (non-hydrogen) atoms. The SMILES string of the molecule is N#Cc1ccc(Nc2nc(N)nc3nc[nH]c23)cc1C#N. The topological polar surface area (TPSA) is 140 Å². The number of anilines is 3. The fraction of sp³-hybridized carbons (Fsp3) is 0. The van der Waals surface area contributed by atoms with Gasteiger partial charge in [-0.2, -0.15) is 20.5 Å². The minimum Gasteiger partial charge on any atom is -0.368 e. The van der Waals surface area contributed by atoms with E-state index in [0.717, 1.165) is 0 Å². The van der Waals surface area contributed by atoms with E-state index in [1.54, 1.807) is 18.2 Å². The van der Waals surface area contributed by atoms with E-state index in [4.69, 9.17) is 16.3 Å². The number of hydrogen-bond acceptors (Lipinski definition) is 7. The van der Waals surface area contributed by atoms with Crippen molar-refractivity contribution in [2.24, 2.45) is 0 Å². The first kappa shape index (κ1) is 12.4. The summed E-state index contributed by atoms with van der Waals surface area (Å²) in [4.78, 5) is 15.0. The number of aromatic amines is 1. The number of imidazole rings is 1. The highest BCUT2D eigenvalue weighted by Gasteiger charge is 2.10. The van der Waals surface area contributed by atoms with Crippen LogP contribution in [0, 0.1) is 22.7 Å². The zero-order valence-electron chi connectivity index (χ0n) is 10.6. The molecule has 3 aromatic rings. The highest BCUT2D eigenvalue weighted by Crippen LogP contribution is 2.23. The normalized spacial score (nSPS) is 10.0. The van der Waals surface area contributed by atoms with E-state index in [9.17, 15) is 0 Å². The molecule has 0 bridgehead atoms. The van der Waals surface area contributed by atoms with Crippen molar-refractivity contribution in [3.63, 3.8) is 0 Å². The molecule has 0 aliphatic heterocycles. The third-order valence-corrected chi connectivity index (χ3v) is 2.83. The standard InChI is InChI=1S/C13H8N8/c14-4-7-1-2-9(3-8(7)5-15)19-12-10-11(18-6-17-10)20-13(16)21-12/h1-3,6H,(H4,16,17,18,19,20,21). The minimum atomic E-state index is 0.0891. The van der Waals surface area contributed by atoms with E-state index in [1.165, 1.54) is 6.33 Å². The molecule has 0 fully saturated rings. The van der Waals surface area contributed by atoms with Crippen LogP contribution in [0.4, 0.5) is 17.5 Å². The van der Waals surface area contributed by atoms with E-state index >= 15 is 0 Å². The maximum atomic E-state index is 9.03. The summed E-state index contributed by atoms with van der Waals surface area (Å²) < 4.78 is 0. The third kappa shape index (κ3) is 2.17. The van der Waals surface area contributed by atoms with Crippen LogP contribution >= 0.6 is 0 Å². The molecule has 100 valence electrons. The third-order valence-electron chi connectivity index (χ3n) is 2.83. The molecular formula is C13H8N8. The summed E-state index contributed by atoms with van der Waals surface area (Å²) in [7, 11) is 0. The fourth-order valence-corrected chi connectivity index (χ4v) is 1.89. The summed E-state index contributed by atoms with van der Waals surface area (Å²) in [6.45, 7) is 0. The number of rotatable bonds is 2. The predicted octanol–water partition coefficient (Wildman–Crippen LogP) is 1.42. The van der Waals surface area contributed by atoms with Crippen LogP contribution in [0.25, 0.3) is 11.2 Å². The van der Waals surface area contributed by atoms with Crippen LogP contribution in [0.5, 0.6) is 0 Å². The lowest BCUT2D eigenvalue weighted by molar-refractivity contribution is 1.21. The number of nitrogen functional groups attached to an aromatic ring is 1. The second-order valence-electron chi connectivity index (χ2n) is 4.14. The summed E-state index contributed by atoms with van der Waals surface area (Å²) >= 11 is 0. The number of benzene rings is 1. The van der Waals surface area contributed by atoms with Crippen LogP contribution < -0.4 is 11.1 Å². The van der Waals surface area contributed by atoms with E-state index in [2.05, 4.69) is 25.3 Å². The number of nitrogens with one attached hydrogen (secondary N) is 2. The number of aromatic nitrogens is 4. The second kappa shape index (κ2) is 4.79. The average molecular weight is 276 g/mol. The van der Waals surface area contributed by atoms with Crippen molar-refractivity contribution >= 4 is 28.6 Å². The molecule has 0 spiro atoms. The van der Waals surface area contributed by atoms with Crippen LogP contribution in [-0.2, 0) is 0 Å². The minimum absolute atomic E-state index is 0.0891. The molecule has 2 aromatic heterocycles. The average Bonchev–Trinajstić information content (AvgIpc) is 2.95. The lowest BCUT2D eigenvalue weighted by Crippen LogP contribution is -2.01. The Morgan fingerprint density at radius 2 is 1.95 bits per heavy atom. The highest BCUT2D eigenvalue weighted by molar-refractivity contribution is 5.86. The number of hydrogen-bond donors (Lipinski definition) is 3. The Balaban J connectivity index is 2.05. The van der Waals surface area contributed by atoms with Gasteiger partial charge in [0.25, 0.3) is 0 Å². The molecule has 2 heterocycles. The van der Waals surface area contributed by atoms with Crippen molar-refractivity contribution in [2.45, 2.75) is 0 Å². The molecule has 0 amide bonds. The van der Waals surface area contributed by atoms with Gasteiger partial charge in [0.15, 0.2) is 11.5 Å². The van der Waals surface area contributed by atoms with Crippen LogP contribution in [0.2, 0.25) is 0 Å². The van der Waals surface area contributed by atoms with Gasteiger partial charge in [-0.25, -0.2) is 4.98 Å². The van der Waals surface area contributed by atoms with Gasteiger partial charge in [0.1, 0.15) is 17.7 Å². The Kier molecular flexibility index (Phi) is 2.83. The zero-order chi connectivity index (χ0) is 14.8. The van der Waals surface area contributed by atoms with Crippen LogP contribution in [-0.4, -0.2) is 19.9 Å². The molecule has 0 aliphatic rings. The van der Waals surface area contributed by atoms with Gasteiger partial charge < -0.3 is 16.0 Å². The van der Waals surface area contributed by atoms with Crippen LogP contribution in [0.15, 0.2) is 24.5 Å². The first-order valence-corrected chi connectivity index (χ1v) is 5.89. The van der Waals surface area contributed by atoms with Crippen molar-refractivity contribution in [1.82, 2.24) is 19.9 Å². The first-order chi connectivity index (χ1) is 10.2. The molecule has 1 aromatic carbocycles. The fourth-order valence-electron chi connectivity index (χ4n) is 1.89. The lowest BCUT2D eigenvalue weighted by atomic mass is 10.1. The Hall–Kier alpha value is -3.65. The van der Waals surface area contributed by atoms with E-state index < -0.39 is 0 Å². The van der Waals surface area contributed by atoms with E-state index in [0.29, 0.717) is 28.2 Å². The zero-order valence-corrected chi connectivity index (χ0v) is 10.6. The van der Waals surface area contributed by atoms with Crippen LogP contribution in [0.3, 0.4) is 0 Å². The number of nitrogens with zero attached hydrogens (tertiary/aromatic N) is 5. The molecule has 8 heteroatoms. The van der Waals surface area contributed by atoms with Crippen molar-refractivity contribution in [1.29, 1.82) is 10.5 Å². The van der Waals surface area contributed by atoms with Gasteiger partial charge in [0, 0.05) is 5.69 Å². The van der Waals surface area contributed by atoms with Crippen molar-refractivity contribution in [3.05, 3.63) is 35.7 Å². The molecule has 0 saturated carbocycles. The van der Waals surface area contributed by atoms with Gasteiger partial charge in [0.2, 0.25) is 5.95 Å². The van der Waals surface area contributed by atoms with E-state index in [-0.39, 0.29) is 11.5 Å². The lowest BCUT2D eigenvalue weighted by Gasteiger charge is -2.07. The quantitative estimate of drug-likeness (QED) is 0.642. The van der Waals surface area contributed by atoms with E-state index in [1.807, 2.05) is 12.1 Å². The predicted molar refractivity (Wildman–Crippen MR) is 75.3 cm³/mol. The Bertz CT molecular complexity index is 912. The number of fused-ring (bicyclic) bond motifs is 1. The summed E-state index contributed by atoms with van der Waals surface area (Å²) in [6, 6.07) is 8.75. The van der Waals surface area contributed by atoms with Gasteiger partial charge in [-0.1, -0.05) is 0 Å². The largest absolute Gasteiger partial charge is 0.368 e. The highest BCUT2D eigenvalue weighted by atomic mass is 15.1. The summed E-state index contributed by atoms with van der Waals surface area (Å²) in [6.07, 6.45) is 1.49. The molecule has 0 aliphatic carbocycles. The molecule has 0 radical (unpaired) electrons. The van der Waals surface area contributed by atoms with Crippen molar-refractivity contribution in [2.75, 3.05) is 11.1 Å². The molecular weight excluding hydrogens is 268 g/mol. The van der Waals surface area contributed by atoms with Gasteiger partial charge in [0.05, 0.1) is 17.5 Å². The summed E-state index contributed by atoms with van der Waals surface area (Å²) in [5.41, 5.74) is 7.89. The molecule has 0 saturated heterocycles. The van der Waals surface area contributed by atoms with Crippen LogP contribution in [0.1, 0.15) is 11.1 Å². The smallest absolute Gasteiger partial charge is 0.224 e. The molecule has 0 atom stereocenters. The molecule has 8 nitrogen and oxygen atoms in total. The van der Waals surface area contributed by atoms with Gasteiger partial charge in [-0.05, 0) is 18.2 Å². The molecule has 3 rings (SSSR count). The van der Waals surface area contributed by atoms with Crippen molar-refractivity contribution in [3.8, 4) is 12.1 Å². The summed E-state index contributed by atoms with van der Waals surface area (Å²) in [5.74, 6) is 0.537. The summed E-state index contributed by atoms with van der Waals surface area (Å²) in [5, 5.41) is 21.0. The monoisotopic (exact) mass is 276 g/mol. The number of nitrogens with two attached hydrogens (primary N) is 1. The first-order valence-electron chi connectivity index (χ1n) is 5.89. The van der Waals surface area contributed by atoms with Gasteiger partial charge >= 0.3 is 0 Å². The van der Waals surface area contributed by atoms with Crippen molar-refractivity contribution < 1.29 is 0 Å². The maximum Gasteiger partial charge on any atom is 0.224 e. The Morgan fingerprint density at radius 3 is 2.71 bits per heavy atom. The molecule has 4 N–H and O–H groups in total. The number of nitriles is 2. The molecule has 0 unspecified atom stereocenters. The Morgan fingerprint density at radius 1 is 1.14 bits per heavy atom. The van der Waals surface area contributed by atoms with Gasteiger partial charge in [-0.3, -0.25) is 0 Å². The maximum absolute atomic E-state index is 9.03. The Labute approximate surface area is 118 Å². The number of H-pyrrole nitrogens is 1. The second-order valence-corrected chi connectivity index (χ2v) is 4.14.